The third-order valence-electron chi connectivity index (χ3n) is 5.24. The fourth-order valence-electron chi connectivity index (χ4n) is 3.82. The van der Waals surface area contributed by atoms with E-state index in [1.807, 2.05) is 13.8 Å². The molecule has 2 aliphatic carbocycles. The molecule has 0 aliphatic heterocycles. The van der Waals surface area contributed by atoms with Crippen LogP contribution in [0.25, 0.3) is 0 Å². The first-order valence-corrected chi connectivity index (χ1v) is 12.4. The Hall–Kier alpha value is 0.581. The van der Waals surface area contributed by atoms with Gasteiger partial charge in [-0.15, -0.1) is 0 Å². The van der Waals surface area contributed by atoms with Gasteiger partial charge in [0.05, 0.1) is 0 Å². The number of halogens is 1. The Bertz CT molecular complexity index is 360. The summed E-state index contributed by atoms with van der Waals surface area (Å²) in [6, 6.07) is 0.852. The molecule has 0 spiro atoms. The molecule has 2 rings (SSSR count). The molecule has 2 saturated carbocycles. The monoisotopic (exact) mass is 485 g/mol. The summed E-state index contributed by atoms with van der Waals surface area (Å²) in [6.45, 7) is 3.93. The number of nitrogens with zero attached hydrogens (tertiary/aromatic N) is 2. The van der Waals surface area contributed by atoms with Gasteiger partial charge in [-0.2, -0.15) is 0 Å². The predicted molar refractivity (Wildman–Crippen MR) is 88.0 cm³/mol. The standard InChI is InChI=1S/2C9H17NO.ClH.Nd/c2*1-2-9(11)10-8-6-4-3-5-7-8;;/h2*8H,2-7H2,1H3,(H,10,11);1H;/q;;;+3/p-3. The fraction of sp³-hybridized carbons (Fsp3) is 0.889. The van der Waals surface area contributed by atoms with E-state index in [0.29, 0.717) is 36.7 Å². The molecule has 4 nitrogen and oxygen atoms in total. The number of amides is 2. The summed E-state index contributed by atoms with van der Waals surface area (Å²) in [5.74, 6) is 0.592. The molecule has 0 heterocycles. The molecule has 0 radical (unpaired) electrons. The summed E-state index contributed by atoms with van der Waals surface area (Å²) < 4.78 is 4.45. The van der Waals surface area contributed by atoms with Crippen LogP contribution in [0.2, 0.25) is 0 Å². The fourth-order valence-corrected chi connectivity index (χ4v) is 9.00. The van der Waals surface area contributed by atoms with E-state index in [2.05, 4.69) is 1.97 Å². The van der Waals surface area contributed by atoms with E-state index in [1.54, 1.807) is 0 Å². The minimum absolute atomic E-state index is 0. The van der Waals surface area contributed by atoms with E-state index < -0.39 is 37.5 Å². The molecule has 137 valence electrons. The molecule has 2 aliphatic rings. The Morgan fingerprint density at radius 3 is 1.38 bits per heavy atom. The van der Waals surface area contributed by atoms with Gasteiger partial charge in [0, 0.05) is 0 Å². The molecule has 24 heavy (non-hydrogen) atoms. The van der Waals surface area contributed by atoms with Crippen molar-refractivity contribution in [3.63, 3.8) is 0 Å². The Morgan fingerprint density at radius 2 is 1.08 bits per heavy atom. The summed E-state index contributed by atoms with van der Waals surface area (Å²) in [6.07, 6.45) is 13.4. The number of carbonyl (C=O) groups excluding carboxylic acids is 2. The molecule has 0 bridgehead atoms. The predicted octanol–water partition coefficient (Wildman–Crippen LogP) is 1.05. The van der Waals surface area contributed by atoms with Crippen LogP contribution in [0, 0.1) is 37.5 Å². The van der Waals surface area contributed by atoms with Crippen LogP contribution in [0.5, 0.6) is 0 Å². The zero-order valence-corrected chi connectivity index (χ0v) is 19.2. The van der Waals surface area contributed by atoms with Crippen LogP contribution in [0.3, 0.4) is 0 Å². The average molecular weight is 488 g/mol. The van der Waals surface area contributed by atoms with E-state index in [9.17, 15) is 9.59 Å². The van der Waals surface area contributed by atoms with Crippen LogP contribution in [0.1, 0.15) is 90.9 Å². The van der Waals surface area contributed by atoms with Crippen LogP contribution in [-0.4, -0.2) is 25.9 Å². The van der Waals surface area contributed by atoms with Gasteiger partial charge >= 0.3 is 164 Å². The molecule has 6 heteroatoms. The van der Waals surface area contributed by atoms with Crippen LogP contribution in [-0.2, 0) is 9.59 Å². The van der Waals surface area contributed by atoms with Gasteiger partial charge in [-0.25, -0.2) is 0 Å². The molecule has 2 fully saturated rings. The molecule has 0 unspecified atom stereocenters. The second kappa shape index (κ2) is 12.1. The molecular formula is C18H32ClN2NdO2. The zero-order chi connectivity index (χ0) is 16.7. The molecule has 0 aromatic carbocycles. The number of carbonyl (C=O) groups is 2. The van der Waals surface area contributed by atoms with E-state index in [0.717, 1.165) is 25.7 Å². The Morgan fingerprint density at radius 1 is 0.750 bits per heavy atom. The molecule has 0 aromatic rings. The van der Waals surface area contributed by atoms with Crippen molar-refractivity contribution in [3.05, 3.63) is 0 Å². The van der Waals surface area contributed by atoms with Gasteiger partial charge in [0.2, 0.25) is 0 Å². The van der Waals surface area contributed by atoms with E-state index >= 15 is 0 Å². The van der Waals surface area contributed by atoms with Gasteiger partial charge in [0.1, 0.15) is 0 Å². The zero-order valence-electron chi connectivity index (χ0n) is 15.2. The number of hydrogen-bond acceptors (Lipinski definition) is 2. The minimum atomic E-state index is -1.61. The molecular weight excluding hydrogens is 456 g/mol. The summed E-state index contributed by atoms with van der Waals surface area (Å²) in [5, 5.41) is 0. The van der Waals surface area contributed by atoms with Crippen LogP contribution >= 0.6 is 0 Å². The molecule has 2 amide bonds. The van der Waals surface area contributed by atoms with Crippen LogP contribution in [0.4, 0.5) is 0 Å². The van der Waals surface area contributed by atoms with Gasteiger partial charge in [-0.1, -0.05) is 0 Å². The normalized spacial score (nSPS) is 19.1. The van der Waals surface area contributed by atoms with Crippen molar-refractivity contribution in [2.75, 3.05) is 0 Å². The van der Waals surface area contributed by atoms with Crippen LogP contribution in [0.15, 0.2) is 0 Å². The van der Waals surface area contributed by atoms with Crippen molar-refractivity contribution in [2.24, 2.45) is 0 Å². The van der Waals surface area contributed by atoms with Gasteiger partial charge in [-0.05, 0) is 0 Å². The van der Waals surface area contributed by atoms with E-state index in [1.165, 1.54) is 38.5 Å². The first-order chi connectivity index (χ1) is 11.2. The van der Waals surface area contributed by atoms with Gasteiger partial charge in [0.25, 0.3) is 0 Å². The van der Waals surface area contributed by atoms with Crippen molar-refractivity contribution in [3.8, 4) is 0 Å². The molecule has 0 N–H and O–H groups in total. The van der Waals surface area contributed by atoms with Gasteiger partial charge in [-0.3, -0.25) is 0 Å². The molecule has 0 saturated heterocycles. The van der Waals surface area contributed by atoms with Crippen molar-refractivity contribution in [1.82, 2.24) is 1.97 Å². The largest absolute Gasteiger partial charge is 1.00 e. The topological polar surface area (TPSA) is 40.6 Å². The number of hydrogen-bond donors (Lipinski definition) is 0. The van der Waals surface area contributed by atoms with Crippen molar-refractivity contribution >= 4 is 11.8 Å². The first kappa shape index (κ1) is 22.6. The summed E-state index contributed by atoms with van der Waals surface area (Å²) in [7, 11) is 0. The van der Waals surface area contributed by atoms with Crippen molar-refractivity contribution < 1.29 is 59.5 Å². The maximum absolute atomic E-state index is 12.6. The van der Waals surface area contributed by atoms with Crippen molar-refractivity contribution in [2.45, 2.75) is 103 Å². The molecule has 0 atom stereocenters. The van der Waals surface area contributed by atoms with Gasteiger partial charge < -0.3 is 12.4 Å². The first-order valence-electron chi connectivity index (χ1n) is 9.57. The average Bonchev–Trinajstić information content (AvgIpc) is 2.63. The van der Waals surface area contributed by atoms with E-state index in [4.69, 9.17) is 0 Å². The quantitative estimate of drug-likeness (QED) is 0.562. The maximum Gasteiger partial charge on any atom is -1.00 e. The molecule has 0 aromatic heterocycles. The van der Waals surface area contributed by atoms with E-state index in [-0.39, 0.29) is 12.4 Å². The minimum Gasteiger partial charge on any atom is -1.00 e. The van der Waals surface area contributed by atoms with Gasteiger partial charge in [0.15, 0.2) is 0 Å². The third-order valence-corrected chi connectivity index (χ3v) is 10.6. The summed E-state index contributed by atoms with van der Waals surface area (Å²) >= 11 is -1.61. The Labute approximate surface area is 175 Å². The SMILES string of the molecule is CCC(=O)[N]([Nd+][N](C(=O)CC)C1CCCCC1)C1CCCCC1.[Cl-]. The third kappa shape index (κ3) is 6.39. The summed E-state index contributed by atoms with van der Waals surface area (Å²) in [5.41, 5.74) is 0. The van der Waals surface area contributed by atoms with Crippen molar-refractivity contribution in [1.29, 1.82) is 0 Å². The maximum atomic E-state index is 12.6. The van der Waals surface area contributed by atoms with Crippen LogP contribution < -0.4 is 12.4 Å². The number of rotatable bonds is 6. The smallest absolute Gasteiger partial charge is 1.00 e. The summed E-state index contributed by atoms with van der Waals surface area (Å²) in [4.78, 5) is 25.2. The Balaban J connectivity index is 0.00000288. The Kier molecular flexibility index (Phi) is 11.4. The second-order valence-corrected chi connectivity index (χ2v) is 10.7. The second-order valence-electron chi connectivity index (χ2n) is 6.92.